The molecule has 2 aromatic rings. The van der Waals surface area contributed by atoms with Gasteiger partial charge in [0.1, 0.15) is 23.8 Å². The van der Waals surface area contributed by atoms with Crippen molar-refractivity contribution in [1.82, 2.24) is 4.98 Å². The minimum absolute atomic E-state index is 0.00162. The molecule has 1 aromatic heterocycles. The van der Waals surface area contributed by atoms with Gasteiger partial charge in [-0.25, -0.2) is 0 Å². The van der Waals surface area contributed by atoms with Gasteiger partial charge in [0.25, 0.3) is 0 Å². The first-order valence-corrected chi connectivity index (χ1v) is 6.88. The van der Waals surface area contributed by atoms with Crippen LogP contribution in [0.1, 0.15) is 28.0 Å². The van der Waals surface area contributed by atoms with Gasteiger partial charge in [0.15, 0.2) is 5.78 Å². The van der Waals surface area contributed by atoms with E-state index < -0.39 is 11.9 Å². The number of carbonyl (C=O) groups excluding carboxylic acids is 1. The summed E-state index contributed by atoms with van der Waals surface area (Å²) in [7, 11) is 0. The lowest BCUT2D eigenvalue weighted by Gasteiger charge is -2.17. The number of rotatable bonds is 3. The van der Waals surface area contributed by atoms with E-state index in [1.54, 1.807) is 18.2 Å². The normalized spacial score (nSPS) is 14.1. The molecule has 0 saturated heterocycles. The van der Waals surface area contributed by atoms with Crippen molar-refractivity contribution < 1.29 is 27.4 Å². The van der Waals surface area contributed by atoms with Gasteiger partial charge in [0.05, 0.1) is 12.2 Å². The number of hydrogen-bond acceptors (Lipinski definition) is 4. The van der Waals surface area contributed by atoms with Gasteiger partial charge in [0.2, 0.25) is 0 Å². The third-order valence-corrected chi connectivity index (χ3v) is 3.36. The molecule has 4 nitrogen and oxygen atoms in total. The predicted molar refractivity (Wildman–Crippen MR) is 74.5 cm³/mol. The average molecular weight is 323 g/mol. The molecule has 7 heteroatoms. The molecule has 0 atom stereocenters. The minimum atomic E-state index is -4.49. The second kappa shape index (κ2) is 5.91. The lowest BCUT2D eigenvalue weighted by molar-refractivity contribution is -0.141. The van der Waals surface area contributed by atoms with Gasteiger partial charge < -0.3 is 9.47 Å². The van der Waals surface area contributed by atoms with Crippen molar-refractivity contribution in [2.75, 3.05) is 6.61 Å². The van der Waals surface area contributed by atoms with Crippen LogP contribution in [0.2, 0.25) is 0 Å². The molecule has 0 aliphatic carbocycles. The van der Waals surface area contributed by atoms with Crippen LogP contribution in [0.15, 0.2) is 36.5 Å². The number of fused-ring (bicyclic) bond motifs is 1. The second-order valence-corrected chi connectivity index (χ2v) is 5.02. The van der Waals surface area contributed by atoms with E-state index in [9.17, 15) is 18.0 Å². The molecule has 0 unspecified atom stereocenters. The van der Waals surface area contributed by atoms with Crippen LogP contribution < -0.4 is 9.47 Å². The molecule has 2 heterocycles. The standard InChI is InChI=1S/C16H12F3NO3/c17-16(18,19)15-7-10(3-5-20-15)9-23-11-1-2-12-13(21)4-6-22-14(12)8-11/h1-3,5,7-8H,4,6,9H2. The summed E-state index contributed by atoms with van der Waals surface area (Å²) in [6.07, 6.45) is -3.06. The molecule has 0 bridgehead atoms. The summed E-state index contributed by atoms with van der Waals surface area (Å²) in [6, 6.07) is 7.15. The van der Waals surface area contributed by atoms with Crippen LogP contribution in [0.3, 0.4) is 0 Å². The molecule has 0 amide bonds. The summed E-state index contributed by atoms with van der Waals surface area (Å²) in [5.41, 5.74) is -0.119. The summed E-state index contributed by atoms with van der Waals surface area (Å²) >= 11 is 0. The SMILES string of the molecule is O=C1CCOc2cc(OCc3ccnc(C(F)(F)F)c3)ccc21. The van der Waals surface area contributed by atoms with Crippen LogP contribution in [0.25, 0.3) is 0 Å². The number of hydrogen-bond donors (Lipinski definition) is 0. The third kappa shape index (κ3) is 3.44. The maximum absolute atomic E-state index is 12.6. The number of ketones is 1. The highest BCUT2D eigenvalue weighted by Crippen LogP contribution is 2.30. The molecule has 0 N–H and O–H groups in total. The molecule has 1 aliphatic heterocycles. The molecule has 120 valence electrons. The molecule has 23 heavy (non-hydrogen) atoms. The monoisotopic (exact) mass is 323 g/mol. The lowest BCUT2D eigenvalue weighted by Crippen LogP contribution is -2.15. The topological polar surface area (TPSA) is 48.4 Å². The zero-order valence-corrected chi connectivity index (χ0v) is 11.9. The number of nitrogens with zero attached hydrogens (tertiary/aromatic N) is 1. The zero-order chi connectivity index (χ0) is 16.4. The first-order chi connectivity index (χ1) is 10.9. The molecule has 0 radical (unpaired) electrons. The van der Waals surface area contributed by atoms with Crippen LogP contribution in [0, 0.1) is 0 Å². The fourth-order valence-electron chi connectivity index (χ4n) is 2.22. The predicted octanol–water partition coefficient (Wildman–Crippen LogP) is 3.64. The van der Waals surface area contributed by atoms with E-state index in [-0.39, 0.29) is 12.4 Å². The van der Waals surface area contributed by atoms with Gasteiger partial charge in [-0.1, -0.05) is 0 Å². The van der Waals surface area contributed by atoms with E-state index in [0.717, 1.165) is 12.3 Å². The Bertz CT molecular complexity index is 744. The summed E-state index contributed by atoms with van der Waals surface area (Å²) in [4.78, 5) is 15.0. The number of alkyl halides is 3. The molecule has 3 rings (SSSR count). The quantitative estimate of drug-likeness (QED) is 0.865. The van der Waals surface area contributed by atoms with Crippen LogP contribution in [-0.2, 0) is 12.8 Å². The van der Waals surface area contributed by atoms with Gasteiger partial charge in [0, 0.05) is 18.7 Å². The number of ether oxygens (including phenoxy) is 2. The maximum atomic E-state index is 12.6. The van der Waals surface area contributed by atoms with Crippen molar-refractivity contribution in [3.8, 4) is 11.5 Å². The number of aromatic nitrogens is 1. The van der Waals surface area contributed by atoms with Gasteiger partial charge in [-0.3, -0.25) is 9.78 Å². The van der Waals surface area contributed by atoms with Crippen LogP contribution >= 0.6 is 0 Å². The third-order valence-electron chi connectivity index (χ3n) is 3.36. The number of Topliss-reactive ketones (excluding diaryl/α,β-unsaturated/α-hetero) is 1. The number of carbonyl (C=O) groups is 1. The van der Waals surface area contributed by atoms with Crippen LogP contribution in [0.4, 0.5) is 13.2 Å². The van der Waals surface area contributed by atoms with Crippen molar-refractivity contribution >= 4 is 5.78 Å². The summed E-state index contributed by atoms with van der Waals surface area (Å²) in [5.74, 6) is 0.857. The highest BCUT2D eigenvalue weighted by molar-refractivity contribution is 5.99. The molecular formula is C16H12F3NO3. The molecule has 0 saturated carbocycles. The first-order valence-electron chi connectivity index (χ1n) is 6.88. The Morgan fingerprint density at radius 3 is 2.83 bits per heavy atom. The molecule has 1 aliphatic rings. The van der Waals surface area contributed by atoms with Gasteiger partial charge >= 0.3 is 6.18 Å². The van der Waals surface area contributed by atoms with E-state index in [1.165, 1.54) is 6.07 Å². The Labute approximate surface area is 129 Å². The number of halogens is 3. The fraction of sp³-hybridized carbons (Fsp3) is 0.250. The molecular weight excluding hydrogens is 311 g/mol. The zero-order valence-electron chi connectivity index (χ0n) is 11.9. The Kier molecular flexibility index (Phi) is 3.94. The van der Waals surface area contributed by atoms with E-state index in [4.69, 9.17) is 9.47 Å². The van der Waals surface area contributed by atoms with Crippen molar-refractivity contribution in [2.45, 2.75) is 19.2 Å². The van der Waals surface area contributed by atoms with Crippen molar-refractivity contribution in [3.63, 3.8) is 0 Å². The fourth-order valence-corrected chi connectivity index (χ4v) is 2.22. The van der Waals surface area contributed by atoms with E-state index in [1.807, 2.05) is 0 Å². The number of pyridine rings is 1. The van der Waals surface area contributed by atoms with Gasteiger partial charge in [-0.2, -0.15) is 13.2 Å². The second-order valence-electron chi connectivity index (χ2n) is 5.02. The van der Waals surface area contributed by atoms with E-state index in [0.29, 0.717) is 35.7 Å². The Morgan fingerprint density at radius 2 is 2.04 bits per heavy atom. The van der Waals surface area contributed by atoms with E-state index in [2.05, 4.69) is 4.98 Å². The van der Waals surface area contributed by atoms with Crippen molar-refractivity contribution in [1.29, 1.82) is 0 Å². The smallest absolute Gasteiger partial charge is 0.433 e. The first kappa shape index (κ1) is 15.3. The maximum Gasteiger partial charge on any atom is 0.433 e. The summed E-state index contributed by atoms with van der Waals surface area (Å²) in [5, 5.41) is 0. The summed E-state index contributed by atoms with van der Waals surface area (Å²) in [6.45, 7) is 0.271. The van der Waals surface area contributed by atoms with Gasteiger partial charge in [-0.15, -0.1) is 0 Å². The average Bonchev–Trinajstić information content (AvgIpc) is 2.52. The summed E-state index contributed by atoms with van der Waals surface area (Å²) < 4.78 is 48.7. The van der Waals surface area contributed by atoms with E-state index >= 15 is 0 Å². The Morgan fingerprint density at radius 1 is 1.22 bits per heavy atom. The molecule has 0 spiro atoms. The Balaban J connectivity index is 1.73. The minimum Gasteiger partial charge on any atom is -0.492 e. The highest BCUT2D eigenvalue weighted by Gasteiger charge is 2.32. The molecule has 1 aromatic carbocycles. The van der Waals surface area contributed by atoms with Gasteiger partial charge in [-0.05, 0) is 29.8 Å². The van der Waals surface area contributed by atoms with Crippen LogP contribution in [0.5, 0.6) is 11.5 Å². The van der Waals surface area contributed by atoms with Crippen molar-refractivity contribution in [2.24, 2.45) is 0 Å². The molecule has 0 fully saturated rings. The van der Waals surface area contributed by atoms with Crippen molar-refractivity contribution in [3.05, 3.63) is 53.3 Å². The highest BCUT2D eigenvalue weighted by atomic mass is 19.4. The largest absolute Gasteiger partial charge is 0.492 e. The number of benzene rings is 1. The lowest BCUT2D eigenvalue weighted by atomic mass is 10.1. The Hall–Kier alpha value is -2.57. The van der Waals surface area contributed by atoms with Crippen LogP contribution in [-0.4, -0.2) is 17.4 Å².